The summed E-state index contributed by atoms with van der Waals surface area (Å²) >= 11 is 0. The van der Waals surface area contributed by atoms with Gasteiger partial charge in [-0.15, -0.1) is 6.42 Å². The molecule has 0 spiro atoms. The maximum Gasteiger partial charge on any atom is 0.319 e. The highest BCUT2D eigenvalue weighted by Gasteiger charge is 2.54. The quantitative estimate of drug-likeness (QED) is 0.188. The van der Waals surface area contributed by atoms with Crippen LogP contribution in [0.2, 0.25) is 0 Å². The third kappa shape index (κ3) is 5.05. The normalized spacial score (nSPS) is 25.3. The molecular weight excluding hydrogens is 647 g/mol. The van der Waals surface area contributed by atoms with Crippen LogP contribution in [-0.2, 0) is 14.3 Å². The van der Waals surface area contributed by atoms with E-state index in [1.807, 2.05) is 55.1 Å². The molecule has 262 valence electrons. The van der Waals surface area contributed by atoms with Crippen LogP contribution in [0.25, 0.3) is 32.9 Å². The van der Waals surface area contributed by atoms with Crippen molar-refractivity contribution in [1.29, 1.82) is 0 Å². The standard InChI is InChI=1S/C40H41FN6O4/c1-4-24-9-5-10-25-11-6-12-28(31(24)25)33-32(41)34-29(19-42-33)36(44-39(43-34)50-22-40-15-7-17-46(40)18-8-16-40)45-20-26-13-14-27(21-45)47(26)37(48)35-30(23(2)3)38(49)51-35/h1,5-6,9-12,19,23,26-27,30,35H,7-8,13-18,20-22H2,2-3H3/t26-,27+,30-,35+/m0/s1. The number of ether oxygens (including phenoxy) is 2. The third-order valence-electron chi connectivity index (χ3n) is 12.1. The highest BCUT2D eigenvalue weighted by Crippen LogP contribution is 2.42. The van der Waals surface area contributed by atoms with E-state index >= 15 is 4.39 Å². The van der Waals surface area contributed by atoms with Gasteiger partial charge in [-0.3, -0.25) is 19.5 Å². The molecule has 11 heteroatoms. The van der Waals surface area contributed by atoms with E-state index < -0.39 is 17.8 Å². The molecule has 9 rings (SSSR count). The lowest BCUT2D eigenvalue weighted by Crippen LogP contribution is -2.63. The summed E-state index contributed by atoms with van der Waals surface area (Å²) in [5, 5.41) is 2.14. The van der Waals surface area contributed by atoms with Crippen molar-refractivity contribution in [2.45, 2.75) is 76.1 Å². The zero-order valence-corrected chi connectivity index (χ0v) is 29.0. The predicted octanol–water partition coefficient (Wildman–Crippen LogP) is 5.35. The zero-order valence-electron chi connectivity index (χ0n) is 29.0. The lowest BCUT2D eigenvalue weighted by atomic mass is 9.85. The molecule has 1 amide bonds. The van der Waals surface area contributed by atoms with Gasteiger partial charge < -0.3 is 19.3 Å². The number of aromatic nitrogens is 3. The third-order valence-corrected chi connectivity index (χ3v) is 12.1. The molecule has 4 atom stereocenters. The number of rotatable bonds is 7. The lowest BCUT2D eigenvalue weighted by Gasteiger charge is -2.45. The second-order valence-corrected chi connectivity index (χ2v) is 15.2. The van der Waals surface area contributed by atoms with Crippen molar-refractivity contribution in [3.63, 3.8) is 0 Å². The topological polar surface area (TPSA) is 101 Å². The summed E-state index contributed by atoms with van der Waals surface area (Å²) in [6, 6.07) is 11.3. The van der Waals surface area contributed by atoms with Crippen molar-refractivity contribution in [2.75, 3.05) is 37.7 Å². The number of nitrogens with zero attached hydrogens (tertiary/aromatic N) is 6. The van der Waals surface area contributed by atoms with Crippen LogP contribution in [0.5, 0.6) is 6.01 Å². The molecule has 5 aliphatic heterocycles. The van der Waals surface area contributed by atoms with Gasteiger partial charge >= 0.3 is 12.0 Å². The van der Waals surface area contributed by atoms with Gasteiger partial charge in [-0.05, 0) is 69.0 Å². The Morgan fingerprint density at radius 3 is 2.51 bits per heavy atom. The zero-order chi connectivity index (χ0) is 35.0. The molecule has 5 fully saturated rings. The molecule has 4 aromatic rings. The van der Waals surface area contributed by atoms with Gasteiger partial charge in [0, 0.05) is 47.9 Å². The fourth-order valence-corrected chi connectivity index (χ4v) is 9.57. The first kappa shape index (κ1) is 32.1. The molecule has 5 saturated heterocycles. The van der Waals surface area contributed by atoms with E-state index in [2.05, 4.69) is 15.7 Å². The molecular formula is C40H41FN6O4. The van der Waals surface area contributed by atoms with Gasteiger partial charge in [0.15, 0.2) is 11.9 Å². The number of hydrogen-bond donors (Lipinski definition) is 0. The Morgan fingerprint density at radius 1 is 1.10 bits per heavy atom. The first-order valence-electron chi connectivity index (χ1n) is 18.3. The average Bonchev–Trinajstić information content (AvgIpc) is 3.79. The first-order chi connectivity index (χ1) is 24.8. The summed E-state index contributed by atoms with van der Waals surface area (Å²) < 4.78 is 28.9. The number of anilines is 1. The fourth-order valence-electron chi connectivity index (χ4n) is 9.57. The number of cyclic esters (lactones) is 1. The molecule has 0 unspecified atom stereocenters. The van der Waals surface area contributed by atoms with Crippen molar-refractivity contribution in [3.8, 4) is 29.6 Å². The van der Waals surface area contributed by atoms with Crippen LogP contribution in [0.4, 0.5) is 10.2 Å². The van der Waals surface area contributed by atoms with Gasteiger partial charge in [-0.1, -0.05) is 50.1 Å². The van der Waals surface area contributed by atoms with Crippen LogP contribution >= 0.6 is 0 Å². The molecule has 2 bridgehead atoms. The van der Waals surface area contributed by atoms with E-state index in [1.54, 1.807) is 6.20 Å². The monoisotopic (exact) mass is 688 g/mol. The largest absolute Gasteiger partial charge is 0.461 e. The Kier molecular flexibility index (Phi) is 7.65. The summed E-state index contributed by atoms with van der Waals surface area (Å²) in [5.74, 6) is 1.90. The number of hydrogen-bond acceptors (Lipinski definition) is 9. The van der Waals surface area contributed by atoms with Crippen LogP contribution in [0.3, 0.4) is 0 Å². The van der Waals surface area contributed by atoms with Crippen LogP contribution in [0, 0.1) is 30.0 Å². The minimum absolute atomic E-state index is 0.0179. The Morgan fingerprint density at radius 2 is 1.82 bits per heavy atom. The van der Waals surface area contributed by atoms with E-state index in [0.29, 0.717) is 42.0 Å². The Hall–Kier alpha value is -4.82. The summed E-state index contributed by atoms with van der Waals surface area (Å²) in [4.78, 5) is 46.9. The van der Waals surface area contributed by atoms with Gasteiger partial charge in [-0.2, -0.15) is 9.97 Å². The number of pyridine rings is 1. The van der Waals surface area contributed by atoms with E-state index in [-0.39, 0.29) is 52.6 Å². The van der Waals surface area contributed by atoms with Crippen molar-refractivity contribution in [1.82, 2.24) is 24.8 Å². The molecule has 2 aromatic carbocycles. The number of carbonyl (C=O) groups excluding carboxylic acids is 2. The summed E-state index contributed by atoms with van der Waals surface area (Å²) in [5.41, 5.74) is 1.50. The summed E-state index contributed by atoms with van der Waals surface area (Å²) in [6.45, 7) is 7.45. The Labute approximate surface area is 296 Å². The van der Waals surface area contributed by atoms with E-state index in [4.69, 9.17) is 30.8 Å². The van der Waals surface area contributed by atoms with Crippen LogP contribution in [-0.4, -0.2) is 93.1 Å². The van der Waals surface area contributed by atoms with Crippen molar-refractivity contribution >= 4 is 39.4 Å². The molecule has 0 N–H and O–H groups in total. The maximum absolute atomic E-state index is 17.0. The van der Waals surface area contributed by atoms with Gasteiger partial charge in [-0.25, -0.2) is 4.39 Å². The van der Waals surface area contributed by atoms with Crippen LogP contribution in [0.15, 0.2) is 42.6 Å². The number of piperazine rings is 1. The average molecular weight is 689 g/mol. The predicted molar refractivity (Wildman–Crippen MR) is 191 cm³/mol. The van der Waals surface area contributed by atoms with Gasteiger partial charge in [0.05, 0.1) is 10.9 Å². The summed E-state index contributed by atoms with van der Waals surface area (Å²) in [6.07, 6.45) is 12.8. The van der Waals surface area contributed by atoms with Crippen molar-refractivity contribution in [3.05, 3.63) is 54.0 Å². The number of benzene rings is 2. The number of esters is 1. The van der Waals surface area contributed by atoms with Crippen molar-refractivity contribution < 1.29 is 23.5 Å². The molecule has 2 aromatic heterocycles. The highest BCUT2D eigenvalue weighted by molar-refractivity contribution is 6.02. The molecule has 5 aliphatic rings. The van der Waals surface area contributed by atoms with Gasteiger partial charge in [0.25, 0.3) is 5.91 Å². The minimum Gasteiger partial charge on any atom is -0.461 e. The fraction of sp³-hybridized carbons (Fsp3) is 0.475. The summed E-state index contributed by atoms with van der Waals surface area (Å²) in [7, 11) is 0. The molecule has 7 heterocycles. The van der Waals surface area contributed by atoms with E-state index in [0.717, 1.165) is 62.4 Å². The highest BCUT2D eigenvalue weighted by atomic mass is 19.1. The van der Waals surface area contributed by atoms with E-state index in [9.17, 15) is 9.59 Å². The Balaban J connectivity index is 1.10. The molecule has 10 nitrogen and oxygen atoms in total. The SMILES string of the molecule is C#Cc1cccc2cccc(-c3ncc4c(N5C[C@H]6CC[C@@H](C5)N6C(=O)[C@@H]5OC(=O)[C@H]5C(C)C)nc(OCC56CCCN5CCC6)nc4c3F)c12. The smallest absolute Gasteiger partial charge is 0.319 e. The Bertz CT molecular complexity index is 2100. The molecule has 0 aliphatic carbocycles. The van der Waals surface area contributed by atoms with Crippen molar-refractivity contribution in [2.24, 2.45) is 11.8 Å². The number of terminal acetylenes is 1. The minimum atomic E-state index is -0.738. The lowest BCUT2D eigenvalue weighted by molar-refractivity contribution is -0.197. The van der Waals surface area contributed by atoms with E-state index in [1.165, 1.54) is 0 Å². The number of amides is 1. The number of halogens is 1. The molecule has 0 saturated carbocycles. The molecule has 0 radical (unpaired) electrons. The van der Waals surface area contributed by atoms with Gasteiger partial charge in [0.1, 0.15) is 29.6 Å². The van der Waals surface area contributed by atoms with Crippen LogP contribution in [0.1, 0.15) is 57.9 Å². The number of carbonyl (C=O) groups is 2. The first-order valence-corrected chi connectivity index (χ1v) is 18.3. The number of fused-ring (bicyclic) bond motifs is 5. The molecule has 51 heavy (non-hydrogen) atoms. The second kappa shape index (κ2) is 12.2. The van der Waals surface area contributed by atoms with Gasteiger partial charge in [0.2, 0.25) is 0 Å². The maximum atomic E-state index is 17.0. The second-order valence-electron chi connectivity index (χ2n) is 15.2. The van der Waals surface area contributed by atoms with Crippen LogP contribution < -0.4 is 9.64 Å².